The molecule has 1 amide bonds. The maximum Gasteiger partial charge on any atom is 0.251 e. The zero-order valence-electron chi connectivity index (χ0n) is 11.9. The van der Waals surface area contributed by atoms with Crippen molar-refractivity contribution in [3.05, 3.63) is 34.3 Å². The predicted molar refractivity (Wildman–Crippen MR) is 85.3 cm³/mol. The molecule has 2 nitrogen and oxygen atoms in total. The number of hydrogen-bond donors (Lipinski definition) is 1. The SMILES string of the molecule is Cc1ccc(C(=O)NCC(Br)CC(C)(C)C)cc1Cl. The number of benzene rings is 1. The average Bonchev–Trinajstić information content (AvgIpc) is 2.27. The van der Waals surface area contributed by atoms with Crippen molar-refractivity contribution in [3.63, 3.8) is 0 Å². The molecule has 0 radical (unpaired) electrons. The molecule has 0 saturated heterocycles. The molecule has 106 valence electrons. The number of alkyl halides is 1. The zero-order chi connectivity index (χ0) is 14.6. The molecule has 0 aromatic heterocycles. The number of rotatable bonds is 4. The topological polar surface area (TPSA) is 29.1 Å². The van der Waals surface area contributed by atoms with E-state index in [0.29, 0.717) is 17.1 Å². The van der Waals surface area contributed by atoms with Gasteiger partial charge in [0.2, 0.25) is 0 Å². The molecule has 1 rings (SSSR count). The van der Waals surface area contributed by atoms with E-state index in [4.69, 9.17) is 11.6 Å². The van der Waals surface area contributed by atoms with Gasteiger partial charge in [-0.2, -0.15) is 0 Å². The van der Waals surface area contributed by atoms with Gasteiger partial charge in [-0.05, 0) is 36.5 Å². The standard InChI is InChI=1S/C15H21BrClNO/c1-10-5-6-11(7-13(10)17)14(19)18-9-12(16)8-15(2,3)4/h5-7,12H,8-9H2,1-4H3,(H,18,19). The second-order valence-corrected chi connectivity index (χ2v) is 7.74. The molecule has 0 heterocycles. The van der Waals surface area contributed by atoms with E-state index in [-0.39, 0.29) is 16.1 Å². The summed E-state index contributed by atoms with van der Waals surface area (Å²) in [5.41, 5.74) is 1.82. The van der Waals surface area contributed by atoms with Crippen LogP contribution in [0.5, 0.6) is 0 Å². The molecule has 1 N–H and O–H groups in total. The molecule has 0 saturated carbocycles. The lowest BCUT2D eigenvalue weighted by Gasteiger charge is -2.22. The van der Waals surface area contributed by atoms with Crippen molar-refractivity contribution in [3.8, 4) is 0 Å². The monoisotopic (exact) mass is 345 g/mol. The number of aryl methyl sites for hydroxylation is 1. The lowest BCUT2D eigenvalue weighted by Crippen LogP contribution is -2.31. The Morgan fingerprint density at radius 2 is 2.05 bits per heavy atom. The van der Waals surface area contributed by atoms with Gasteiger partial charge in [-0.1, -0.05) is 54.4 Å². The molecule has 0 spiro atoms. The Labute approximate surface area is 129 Å². The predicted octanol–water partition coefficient (Wildman–Crippen LogP) is 4.58. The van der Waals surface area contributed by atoms with Gasteiger partial charge in [-0.3, -0.25) is 4.79 Å². The Bertz CT molecular complexity index is 454. The van der Waals surface area contributed by atoms with Crippen LogP contribution in [0.4, 0.5) is 0 Å². The number of amides is 1. The maximum atomic E-state index is 12.0. The van der Waals surface area contributed by atoms with E-state index in [1.165, 1.54) is 0 Å². The van der Waals surface area contributed by atoms with Crippen LogP contribution in [0, 0.1) is 12.3 Å². The summed E-state index contributed by atoms with van der Waals surface area (Å²) in [6, 6.07) is 5.36. The van der Waals surface area contributed by atoms with Crippen LogP contribution in [0.2, 0.25) is 5.02 Å². The fraction of sp³-hybridized carbons (Fsp3) is 0.533. The number of carbonyl (C=O) groups is 1. The first-order chi connectivity index (χ1) is 8.69. The van der Waals surface area contributed by atoms with Crippen molar-refractivity contribution in [2.75, 3.05) is 6.54 Å². The smallest absolute Gasteiger partial charge is 0.251 e. The Kier molecular flexibility index (Phi) is 5.87. The molecular formula is C15H21BrClNO. The van der Waals surface area contributed by atoms with Gasteiger partial charge in [0, 0.05) is 22.0 Å². The van der Waals surface area contributed by atoms with E-state index in [1.807, 2.05) is 13.0 Å². The Morgan fingerprint density at radius 3 is 2.58 bits per heavy atom. The Morgan fingerprint density at radius 1 is 1.42 bits per heavy atom. The van der Waals surface area contributed by atoms with Crippen LogP contribution in [0.3, 0.4) is 0 Å². The first-order valence-electron chi connectivity index (χ1n) is 6.37. The van der Waals surface area contributed by atoms with Crippen molar-refractivity contribution >= 4 is 33.4 Å². The van der Waals surface area contributed by atoms with E-state index in [2.05, 4.69) is 42.0 Å². The average molecular weight is 347 g/mol. The molecule has 0 bridgehead atoms. The molecule has 0 aliphatic carbocycles. The summed E-state index contributed by atoms with van der Waals surface area (Å²) < 4.78 is 0. The summed E-state index contributed by atoms with van der Waals surface area (Å²) in [5.74, 6) is -0.0831. The molecule has 0 aliphatic heterocycles. The van der Waals surface area contributed by atoms with Crippen molar-refractivity contribution < 1.29 is 4.79 Å². The Balaban J connectivity index is 2.53. The van der Waals surface area contributed by atoms with Crippen LogP contribution in [0.25, 0.3) is 0 Å². The second-order valence-electron chi connectivity index (χ2n) is 6.04. The maximum absolute atomic E-state index is 12.0. The van der Waals surface area contributed by atoms with Crippen molar-refractivity contribution in [1.29, 1.82) is 0 Å². The van der Waals surface area contributed by atoms with E-state index in [0.717, 1.165) is 12.0 Å². The molecule has 1 aromatic rings. The quantitative estimate of drug-likeness (QED) is 0.794. The fourth-order valence-electron chi connectivity index (χ4n) is 1.78. The van der Waals surface area contributed by atoms with Crippen molar-refractivity contribution in [1.82, 2.24) is 5.32 Å². The van der Waals surface area contributed by atoms with Crippen LogP contribution in [-0.2, 0) is 0 Å². The minimum atomic E-state index is -0.0831. The van der Waals surface area contributed by atoms with Crippen LogP contribution in [0.15, 0.2) is 18.2 Å². The number of nitrogens with one attached hydrogen (secondary N) is 1. The molecule has 4 heteroatoms. The van der Waals surface area contributed by atoms with Gasteiger partial charge >= 0.3 is 0 Å². The highest BCUT2D eigenvalue weighted by Gasteiger charge is 2.17. The largest absolute Gasteiger partial charge is 0.351 e. The summed E-state index contributed by atoms with van der Waals surface area (Å²) >= 11 is 9.62. The highest BCUT2D eigenvalue weighted by atomic mass is 79.9. The second kappa shape index (κ2) is 6.76. The summed E-state index contributed by atoms with van der Waals surface area (Å²) in [6.07, 6.45) is 1.00. The highest BCUT2D eigenvalue weighted by molar-refractivity contribution is 9.09. The lowest BCUT2D eigenvalue weighted by molar-refractivity contribution is 0.0952. The van der Waals surface area contributed by atoms with Gasteiger partial charge in [0.25, 0.3) is 5.91 Å². The van der Waals surface area contributed by atoms with Crippen LogP contribution >= 0.6 is 27.5 Å². The fourth-order valence-corrected chi connectivity index (χ4v) is 3.09. The first-order valence-corrected chi connectivity index (χ1v) is 7.67. The van der Waals surface area contributed by atoms with Crippen molar-refractivity contribution in [2.45, 2.75) is 38.9 Å². The van der Waals surface area contributed by atoms with Crippen molar-refractivity contribution in [2.24, 2.45) is 5.41 Å². The molecular weight excluding hydrogens is 326 g/mol. The zero-order valence-corrected chi connectivity index (χ0v) is 14.2. The summed E-state index contributed by atoms with van der Waals surface area (Å²) in [6.45, 7) is 9.08. The Hall–Kier alpha value is -0.540. The van der Waals surface area contributed by atoms with E-state index < -0.39 is 0 Å². The summed E-state index contributed by atoms with van der Waals surface area (Å²) in [7, 11) is 0. The molecule has 1 unspecified atom stereocenters. The molecule has 0 fully saturated rings. The third kappa shape index (κ3) is 5.96. The number of hydrogen-bond acceptors (Lipinski definition) is 1. The van der Waals surface area contributed by atoms with Gasteiger partial charge < -0.3 is 5.32 Å². The number of carbonyl (C=O) groups excluding carboxylic acids is 1. The van der Waals surface area contributed by atoms with Gasteiger partial charge in [0.15, 0.2) is 0 Å². The summed E-state index contributed by atoms with van der Waals surface area (Å²) in [5, 5.41) is 3.55. The molecule has 19 heavy (non-hydrogen) atoms. The van der Waals surface area contributed by atoms with E-state index >= 15 is 0 Å². The third-order valence-electron chi connectivity index (χ3n) is 2.75. The van der Waals surface area contributed by atoms with Crippen LogP contribution in [0.1, 0.15) is 43.1 Å². The molecule has 1 aromatic carbocycles. The van der Waals surface area contributed by atoms with Gasteiger partial charge in [0.05, 0.1) is 0 Å². The third-order valence-corrected chi connectivity index (χ3v) is 3.81. The van der Waals surface area contributed by atoms with E-state index in [1.54, 1.807) is 12.1 Å². The highest BCUT2D eigenvalue weighted by Crippen LogP contribution is 2.24. The van der Waals surface area contributed by atoms with Gasteiger partial charge in [-0.15, -0.1) is 0 Å². The van der Waals surface area contributed by atoms with Crippen LogP contribution < -0.4 is 5.32 Å². The van der Waals surface area contributed by atoms with E-state index in [9.17, 15) is 4.79 Å². The first kappa shape index (κ1) is 16.5. The minimum absolute atomic E-state index is 0.0831. The molecule has 0 aliphatic rings. The minimum Gasteiger partial charge on any atom is -0.351 e. The normalized spacial score (nSPS) is 13.2. The van der Waals surface area contributed by atoms with Crippen LogP contribution in [-0.4, -0.2) is 17.3 Å². The summed E-state index contributed by atoms with van der Waals surface area (Å²) in [4.78, 5) is 12.3. The van der Waals surface area contributed by atoms with Gasteiger partial charge in [-0.25, -0.2) is 0 Å². The van der Waals surface area contributed by atoms with Gasteiger partial charge in [0.1, 0.15) is 0 Å². The lowest BCUT2D eigenvalue weighted by atomic mass is 9.90. The number of halogens is 2. The molecule has 1 atom stereocenters.